The zero-order valence-corrected chi connectivity index (χ0v) is 15.1. The summed E-state index contributed by atoms with van der Waals surface area (Å²) < 4.78 is 0. The topological polar surface area (TPSA) is 72.2 Å². The van der Waals surface area contributed by atoms with Crippen molar-refractivity contribution in [2.24, 2.45) is 0 Å². The molecule has 2 aromatic rings. The molecule has 1 amide bonds. The van der Waals surface area contributed by atoms with Crippen LogP contribution in [0.2, 0.25) is 0 Å². The van der Waals surface area contributed by atoms with Crippen molar-refractivity contribution in [3.05, 3.63) is 75.3 Å². The summed E-state index contributed by atoms with van der Waals surface area (Å²) in [6.07, 6.45) is -0.0123. The largest absolute Gasteiger partial charge is 0.349 e. The van der Waals surface area contributed by atoms with Crippen LogP contribution in [0.4, 0.5) is 5.69 Å². The summed E-state index contributed by atoms with van der Waals surface area (Å²) >= 11 is 0. The maximum Gasteiger partial charge on any atom is 0.273 e. The fraction of sp³-hybridized carbons (Fsp3) is 0.350. The predicted molar refractivity (Wildman–Crippen MR) is 98.5 cm³/mol. The van der Waals surface area contributed by atoms with Gasteiger partial charge in [-0.2, -0.15) is 0 Å². The number of hydrogen-bond acceptors (Lipinski definition) is 3. The van der Waals surface area contributed by atoms with Gasteiger partial charge in [0.15, 0.2) is 0 Å². The summed E-state index contributed by atoms with van der Waals surface area (Å²) in [5, 5.41) is 13.9. The Labute approximate surface area is 148 Å². The molecule has 1 N–H and O–H groups in total. The van der Waals surface area contributed by atoms with Gasteiger partial charge < -0.3 is 5.32 Å². The number of para-hydroxylation sites is 1. The summed E-state index contributed by atoms with van der Waals surface area (Å²) in [7, 11) is 0. The molecule has 0 spiro atoms. The van der Waals surface area contributed by atoms with E-state index >= 15 is 0 Å². The minimum Gasteiger partial charge on any atom is -0.349 e. The van der Waals surface area contributed by atoms with Crippen LogP contribution < -0.4 is 5.32 Å². The molecule has 2 rings (SSSR count). The zero-order chi connectivity index (χ0) is 18.6. The van der Waals surface area contributed by atoms with E-state index in [0.717, 1.165) is 5.56 Å². The first kappa shape index (κ1) is 18.6. The van der Waals surface area contributed by atoms with E-state index in [1.807, 2.05) is 19.1 Å². The van der Waals surface area contributed by atoms with E-state index in [0.29, 0.717) is 5.56 Å². The average Bonchev–Trinajstić information content (AvgIpc) is 2.54. The lowest BCUT2D eigenvalue weighted by atomic mass is 9.86. The van der Waals surface area contributed by atoms with Gasteiger partial charge in [-0.25, -0.2) is 0 Å². The molecule has 0 heterocycles. The lowest BCUT2D eigenvalue weighted by Gasteiger charge is -2.20. The number of nitrogens with one attached hydrogen (secondary N) is 1. The molecule has 0 fully saturated rings. The van der Waals surface area contributed by atoms with Gasteiger partial charge in [-0.05, 0) is 23.5 Å². The van der Waals surface area contributed by atoms with Crippen LogP contribution >= 0.6 is 0 Å². The highest BCUT2D eigenvalue weighted by atomic mass is 16.6. The van der Waals surface area contributed by atoms with Crippen molar-refractivity contribution < 1.29 is 9.72 Å². The molecule has 0 aliphatic heterocycles. The van der Waals surface area contributed by atoms with Gasteiger partial charge in [0.1, 0.15) is 0 Å². The first-order valence-corrected chi connectivity index (χ1v) is 8.30. The Morgan fingerprint density at radius 3 is 2.28 bits per heavy atom. The van der Waals surface area contributed by atoms with Crippen LogP contribution in [-0.4, -0.2) is 10.8 Å². The van der Waals surface area contributed by atoms with Gasteiger partial charge in [0.2, 0.25) is 5.91 Å². The van der Waals surface area contributed by atoms with Crippen LogP contribution in [0.15, 0.2) is 48.5 Å². The molecular weight excluding hydrogens is 316 g/mol. The van der Waals surface area contributed by atoms with Gasteiger partial charge in [0.25, 0.3) is 5.69 Å². The third-order valence-corrected chi connectivity index (χ3v) is 4.19. The van der Waals surface area contributed by atoms with E-state index in [4.69, 9.17) is 0 Å². The van der Waals surface area contributed by atoms with Gasteiger partial charge in [-0.3, -0.25) is 14.9 Å². The fourth-order valence-corrected chi connectivity index (χ4v) is 2.66. The van der Waals surface area contributed by atoms with Crippen LogP contribution in [0.5, 0.6) is 0 Å². The highest BCUT2D eigenvalue weighted by Crippen LogP contribution is 2.24. The summed E-state index contributed by atoms with van der Waals surface area (Å²) in [6.45, 7) is 8.36. The van der Waals surface area contributed by atoms with Crippen LogP contribution in [0.1, 0.15) is 50.4 Å². The van der Waals surface area contributed by atoms with E-state index in [1.165, 1.54) is 11.6 Å². The fourth-order valence-electron chi connectivity index (χ4n) is 2.66. The van der Waals surface area contributed by atoms with Crippen LogP contribution in [0.3, 0.4) is 0 Å². The van der Waals surface area contributed by atoms with Crippen molar-refractivity contribution in [1.29, 1.82) is 0 Å². The lowest BCUT2D eigenvalue weighted by molar-refractivity contribution is -0.385. The summed E-state index contributed by atoms with van der Waals surface area (Å²) in [6, 6.07) is 14.3. The van der Waals surface area contributed by atoms with E-state index in [2.05, 4.69) is 38.2 Å². The first-order valence-electron chi connectivity index (χ1n) is 8.30. The van der Waals surface area contributed by atoms with Crippen LogP contribution in [-0.2, 0) is 16.6 Å². The quantitative estimate of drug-likeness (QED) is 0.651. The molecule has 1 atom stereocenters. The molecule has 0 bridgehead atoms. The normalized spacial score (nSPS) is 12.5. The summed E-state index contributed by atoms with van der Waals surface area (Å²) in [5.41, 5.74) is 2.70. The number of rotatable bonds is 5. The lowest BCUT2D eigenvalue weighted by Crippen LogP contribution is -2.28. The Kier molecular flexibility index (Phi) is 5.57. The second-order valence-electron chi connectivity index (χ2n) is 7.22. The maximum absolute atomic E-state index is 12.3. The number of carbonyl (C=O) groups is 1. The van der Waals surface area contributed by atoms with E-state index in [-0.39, 0.29) is 29.5 Å². The van der Waals surface area contributed by atoms with Gasteiger partial charge in [0, 0.05) is 11.6 Å². The van der Waals surface area contributed by atoms with E-state index in [1.54, 1.807) is 18.2 Å². The average molecular weight is 340 g/mol. The van der Waals surface area contributed by atoms with Gasteiger partial charge >= 0.3 is 0 Å². The van der Waals surface area contributed by atoms with Crippen molar-refractivity contribution in [1.82, 2.24) is 5.32 Å². The molecule has 25 heavy (non-hydrogen) atoms. The number of amides is 1. The molecule has 132 valence electrons. The molecule has 1 unspecified atom stereocenters. The van der Waals surface area contributed by atoms with Crippen molar-refractivity contribution in [2.75, 3.05) is 0 Å². The summed E-state index contributed by atoms with van der Waals surface area (Å²) in [4.78, 5) is 22.8. The predicted octanol–water partition coefficient (Wildman–Crippen LogP) is 4.31. The second-order valence-corrected chi connectivity index (χ2v) is 7.22. The molecule has 2 aromatic carbocycles. The molecule has 0 aliphatic carbocycles. The zero-order valence-electron chi connectivity index (χ0n) is 15.1. The van der Waals surface area contributed by atoms with Gasteiger partial charge in [-0.1, -0.05) is 63.2 Å². The van der Waals surface area contributed by atoms with Gasteiger partial charge in [-0.15, -0.1) is 0 Å². The van der Waals surface area contributed by atoms with Crippen molar-refractivity contribution in [3.63, 3.8) is 0 Å². The Bertz CT molecular complexity index is 761. The Morgan fingerprint density at radius 2 is 1.72 bits per heavy atom. The van der Waals surface area contributed by atoms with E-state index in [9.17, 15) is 14.9 Å². The first-order chi connectivity index (χ1) is 11.7. The minimum absolute atomic E-state index is 0.0123. The number of nitro groups is 1. The third kappa shape index (κ3) is 4.89. The van der Waals surface area contributed by atoms with Crippen LogP contribution in [0, 0.1) is 10.1 Å². The molecule has 0 saturated carbocycles. The van der Waals surface area contributed by atoms with E-state index < -0.39 is 4.92 Å². The summed E-state index contributed by atoms with van der Waals surface area (Å²) in [5.74, 6) is -0.235. The number of benzene rings is 2. The molecule has 0 aromatic heterocycles. The molecule has 5 nitrogen and oxygen atoms in total. The van der Waals surface area contributed by atoms with Crippen molar-refractivity contribution in [3.8, 4) is 0 Å². The SMILES string of the molecule is CC(NC(=O)Cc1ccccc1[N+](=O)[O-])c1ccc(C(C)(C)C)cc1. The molecule has 5 heteroatoms. The molecule has 0 saturated heterocycles. The second kappa shape index (κ2) is 7.47. The molecule has 0 radical (unpaired) electrons. The standard InChI is InChI=1S/C20H24N2O3/c1-14(15-9-11-17(12-10-15)20(2,3)4)21-19(23)13-16-7-5-6-8-18(16)22(24)25/h5-12,14H,13H2,1-4H3,(H,21,23). The number of nitrogens with zero attached hydrogens (tertiary/aromatic N) is 1. The highest BCUT2D eigenvalue weighted by molar-refractivity contribution is 5.80. The van der Waals surface area contributed by atoms with Gasteiger partial charge in [0.05, 0.1) is 17.4 Å². The molecular formula is C20H24N2O3. The number of carbonyl (C=O) groups excluding carboxylic acids is 1. The Morgan fingerprint density at radius 1 is 1.12 bits per heavy atom. The third-order valence-electron chi connectivity index (χ3n) is 4.19. The highest BCUT2D eigenvalue weighted by Gasteiger charge is 2.18. The Hall–Kier alpha value is -2.69. The smallest absolute Gasteiger partial charge is 0.273 e. The maximum atomic E-state index is 12.3. The number of hydrogen-bond donors (Lipinski definition) is 1. The number of nitro benzene ring substituents is 1. The molecule has 0 aliphatic rings. The van der Waals surface area contributed by atoms with Crippen molar-refractivity contribution >= 4 is 11.6 Å². The minimum atomic E-state index is -0.461. The monoisotopic (exact) mass is 340 g/mol. The van der Waals surface area contributed by atoms with Crippen LogP contribution in [0.25, 0.3) is 0 Å². The van der Waals surface area contributed by atoms with Crippen molar-refractivity contribution in [2.45, 2.75) is 45.6 Å². The Balaban J connectivity index is 2.04.